The Kier molecular flexibility index (Phi) is 4.70. The maximum absolute atomic E-state index is 13.0. The zero-order valence-corrected chi connectivity index (χ0v) is 15.6. The lowest BCUT2D eigenvalue weighted by Gasteiger charge is -2.19. The van der Waals surface area contributed by atoms with Crippen LogP contribution in [0.1, 0.15) is 27.9 Å². The van der Waals surface area contributed by atoms with Crippen LogP contribution in [-0.4, -0.2) is 19.0 Å². The third-order valence-corrected chi connectivity index (χ3v) is 5.43. The normalized spacial score (nSPS) is 16.8. The van der Waals surface area contributed by atoms with Gasteiger partial charge >= 0.3 is 5.97 Å². The maximum atomic E-state index is 13.0. The van der Waals surface area contributed by atoms with E-state index in [0.717, 1.165) is 17.5 Å². The van der Waals surface area contributed by atoms with Gasteiger partial charge in [0.1, 0.15) is 0 Å². The van der Waals surface area contributed by atoms with Gasteiger partial charge in [0.05, 0.1) is 18.6 Å². The molecule has 0 spiro atoms. The molecule has 28 heavy (non-hydrogen) atoms. The van der Waals surface area contributed by atoms with Gasteiger partial charge in [0.25, 0.3) is 0 Å². The van der Waals surface area contributed by atoms with Crippen molar-refractivity contribution in [1.82, 2.24) is 0 Å². The summed E-state index contributed by atoms with van der Waals surface area (Å²) in [5.74, 6) is -0.552. The second-order valence-corrected chi connectivity index (χ2v) is 7.02. The molecule has 0 bridgehead atoms. The molecule has 0 unspecified atom stereocenters. The zero-order chi connectivity index (χ0) is 19.6. The zero-order valence-electron chi connectivity index (χ0n) is 15.6. The SMILES string of the molecule is COC(=O)c1ccc(NC(=O)[C@H]2CC2(c2ccccc2)c2ccccc2)cc1. The summed E-state index contributed by atoms with van der Waals surface area (Å²) >= 11 is 0. The fourth-order valence-electron chi connectivity index (χ4n) is 3.89. The molecule has 4 heteroatoms. The van der Waals surface area contributed by atoms with E-state index in [2.05, 4.69) is 29.6 Å². The number of ether oxygens (including phenoxy) is 1. The second-order valence-electron chi connectivity index (χ2n) is 7.02. The summed E-state index contributed by atoms with van der Waals surface area (Å²) in [6, 6.07) is 27.1. The quantitative estimate of drug-likeness (QED) is 0.676. The van der Waals surface area contributed by atoms with Crippen molar-refractivity contribution in [2.75, 3.05) is 12.4 Å². The second kappa shape index (κ2) is 7.31. The third-order valence-electron chi connectivity index (χ3n) is 5.43. The van der Waals surface area contributed by atoms with Gasteiger partial charge in [-0.2, -0.15) is 0 Å². The molecule has 0 saturated heterocycles. The minimum Gasteiger partial charge on any atom is -0.465 e. The van der Waals surface area contributed by atoms with E-state index in [-0.39, 0.29) is 17.2 Å². The highest BCUT2D eigenvalue weighted by atomic mass is 16.5. The molecule has 0 aliphatic heterocycles. The Morgan fingerprint density at radius 3 is 1.89 bits per heavy atom. The summed E-state index contributed by atoms with van der Waals surface area (Å²) < 4.78 is 4.70. The highest BCUT2D eigenvalue weighted by Crippen LogP contribution is 2.59. The van der Waals surface area contributed by atoms with Crippen LogP contribution >= 0.6 is 0 Å². The molecule has 0 heterocycles. The maximum Gasteiger partial charge on any atom is 0.337 e. The lowest BCUT2D eigenvalue weighted by molar-refractivity contribution is -0.117. The molecule has 140 valence electrons. The predicted molar refractivity (Wildman–Crippen MR) is 108 cm³/mol. The number of methoxy groups -OCH3 is 1. The van der Waals surface area contributed by atoms with Crippen molar-refractivity contribution in [3.05, 3.63) is 102 Å². The minimum absolute atomic E-state index is 0.0153. The Labute approximate surface area is 164 Å². The van der Waals surface area contributed by atoms with E-state index in [1.54, 1.807) is 24.3 Å². The highest BCUT2D eigenvalue weighted by molar-refractivity contribution is 5.97. The van der Waals surface area contributed by atoms with E-state index in [0.29, 0.717) is 11.3 Å². The number of nitrogens with one attached hydrogen (secondary N) is 1. The topological polar surface area (TPSA) is 55.4 Å². The summed E-state index contributed by atoms with van der Waals surface area (Å²) in [4.78, 5) is 24.6. The number of rotatable bonds is 5. The Bertz CT molecular complexity index is 942. The first kappa shape index (κ1) is 18.0. The Morgan fingerprint density at radius 1 is 0.857 bits per heavy atom. The van der Waals surface area contributed by atoms with Crippen LogP contribution in [-0.2, 0) is 14.9 Å². The van der Waals surface area contributed by atoms with Gasteiger partial charge in [-0.05, 0) is 41.8 Å². The number of anilines is 1. The van der Waals surface area contributed by atoms with Crippen LogP contribution in [0.3, 0.4) is 0 Å². The van der Waals surface area contributed by atoms with Crippen molar-refractivity contribution in [3.63, 3.8) is 0 Å². The van der Waals surface area contributed by atoms with Crippen LogP contribution < -0.4 is 5.32 Å². The summed E-state index contributed by atoms with van der Waals surface area (Å²) in [5, 5.41) is 2.99. The molecule has 1 aliphatic rings. The van der Waals surface area contributed by atoms with Crippen LogP contribution in [0.25, 0.3) is 0 Å². The van der Waals surface area contributed by atoms with Gasteiger partial charge in [-0.3, -0.25) is 4.79 Å². The van der Waals surface area contributed by atoms with Gasteiger partial charge in [0.15, 0.2) is 0 Å². The molecule has 0 aromatic heterocycles. The first-order valence-corrected chi connectivity index (χ1v) is 9.25. The predicted octanol–water partition coefficient (Wildman–Crippen LogP) is 4.42. The largest absolute Gasteiger partial charge is 0.465 e. The lowest BCUT2D eigenvalue weighted by Crippen LogP contribution is -2.22. The van der Waals surface area contributed by atoms with Gasteiger partial charge in [-0.1, -0.05) is 60.7 Å². The minimum atomic E-state index is -0.396. The fourth-order valence-corrected chi connectivity index (χ4v) is 3.89. The van der Waals surface area contributed by atoms with E-state index in [9.17, 15) is 9.59 Å². The van der Waals surface area contributed by atoms with E-state index in [1.165, 1.54) is 7.11 Å². The molecule has 1 aliphatic carbocycles. The summed E-state index contributed by atoms with van der Waals surface area (Å²) in [6.45, 7) is 0. The van der Waals surface area contributed by atoms with E-state index >= 15 is 0 Å². The Hall–Kier alpha value is -3.40. The highest BCUT2D eigenvalue weighted by Gasteiger charge is 2.60. The standard InChI is InChI=1S/C24H21NO3/c1-28-23(27)17-12-14-20(15-13-17)25-22(26)21-16-24(21,18-8-4-2-5-9-18)19-10-6-3-7-11-19/h2-15,21H,16H2,1H3,(H,25,26)/t21-/m1/s1. The number of hydrogen-bond acceptors (Lipinski definition) is 3. The number of carbonyl (C=O) groups is 2. The average molecular weight is 371 g/mol. The van der Waals surface area contributed by atoms with Gasteiger partial charge in [-0.25, -0.2) is 4.79 Å². The summed E-state index contributed by atoms with van der Waals surface area (Å²) in [6.07, 6.45) is 0.771. The number of hydrogen-bond donors (Lipinski definition) is 1. The first-order chi connectivity index (χ1) is 13.6. The third kappa shape index (κ3) is 3.18. The van der Waals surface area contributed by atoms with Crippen molar-refractivity contribution in [2.24, 2.45) is 5.92 Å². The number of carbonyl (C=O) groups excluding carboxylic acids is 2. The molecule has 4 rings (SSSR count). The molecule has 1 N–H and O–H groups in total. The van der Waals surface area contributed by atoms with Gasteiger partial charge in [-0.15, -0.1) is 0 Å². The van der Waals surface area contributed by atoms with Crippen LogP contribution in [0.15, 0.2) is 84.9 Å². The van der Waals surface area contributed by atoms with Gasteiger partial charge in [0.2, 0.25) is 5.91 Å². The van der Waals surface area contributed by atoms with Crippen molar-refractivity contribution in [3.8, 4) is 0 Å². The van der Waals surface area contributed by atoms with Gasteiger partial charge < -0.3 is 10.1 Å². The average Bonchev–Trinajstić information content (AvgIpc) is 3.52. The Balaban J connectivity index is 1.57. The van der Waals surface area contributed by atoms with Crippen LogP contribution in [0.2, 0.25) is 0 Å². The van der Waals surface area contributed by atoms with E-state index < -0.39 is 5.97 Å². The lowest BCUT2D eigenvalue weighted by atomic mass is 9.85. The molecular formula is C24H21NO3. The number of benzene rings is 3. The molecule has 1 atom stereocenters. The molecule has 0 radical (unpaired) electrons. The number of amides is 1. The van der Waals surface area contributed by atoms with Crippen molar-refractivity contribution in [1.29, 1.82) is 0 Å². The Morgan fingerprint density at radius 2 is 1.39 bits per heavy atom. The molecule has 3 aromatic rings. The van der Waals surface area contributed by atoms with Crippen LogP contribution in [0, 0.1) is 5.92 Å². The molecule has 1 saturated carbocycles. The fraction of sp³-hybridized carbons (Fsp3) is 0.167. The molecule has 4 nitrogen and oxygen atoms in total. The number of esters is 1. The van der Waals surface area contributed by atoms with E-state index in [4.69, 9.17) is 4.74 Å². The van der Waals surface area contributed by atoms with E-state index in [1.807, 2.05) is 36.4 Å². The molecule has 1 fully saturated rings. The first-order valence-electron chi connectivity index (χ1n) is 9.25. The molecular weight excluding hydrogens is 350 g/mol. The van der Waals surface area contributed by atoms with Gasteiger partial charge in [0, 0.05) is 11.1 Å². The van der Waals surface area contributed by atoms with Crippen molar-refractivity contribution >= 4 is 17.6 Å². The summed E-state index contributed by atoms with van der Waals surface area (Å²) in [5.41, 5.74) is 3.14. The monoisotopic (exact) mass is 371 g/mol. The van der Waals surface area contributed by atoms with Crippen molar-refractivity contribution < 1.29 is 14.3 Å². The molecule has 3 aromatic carbocycles. The molecule has 1 amide bonds. The smallest absolute Gasteiger partial charge is 0.337 e. The summed E-state index contributed by atoms with van der Waals surface area (Å²) in [7, 11) is 1.35. The van der Waals surface area contributed by atoms with Crippen molar-refractivity contribution in [2.45, 2.75) is 11.8 Å². The van der Waals surface area contributed by atoms with Crippen LogP contribution in [0.4, 0.5) is 5.69 Å². The van der Waals surface area contributed by atoms with Crippen LogP contribution in [0.5, 0.6) is 0 Å².